The van der Waals surface area contributed by atoms with Crippen LogP contribution in [0.25, 0.3) is 0 Å². The van der Waals surface area contributed by atoms with Crippen molar-refractivity contribution in [3.05, 3.63) is 29.3 Å². The summed E-state index contributed by atoms with van der Waals surface area (Å²) < 4.78 is 5.40. The van der Waals surface area contributed by atoms with Crippen LogP contribution in [-0.4, -0.2) is 12.9 Å². The highest BCUT2D eigenvalue weighted by Gasteiger charge is 2.58. The molecule has 0 radical (unpaired) electrons. The summed E-state index contributed by atoms with van der Waals surface area (Å²) in [7, 11) is 1.74. The molecule has 0 aliphatic heterocycles. The van der Waals surface area contributed by atoms with Crippen molar-refractivity contribution in [2.75, 3.05) is 7.11 Å². The number of carbonyl (C=O) groups is 1. The predicted octanol–water partition coefficient (Wildman–Crippen LogP) is 4.29. The first-order valence-electron chi connectivity index (χ1n) is 8.70. The van der Waals surface area contributed by atoms with E-state index in [-0.39, 0.29) is 10.8 Å². The van der Waals surface area contributed by atoms with Gasteiger partial charge in [0.2, 0.25) is 0 Å². The molecule has 0 unspecified atom stereocenters. The molecule has 1 aromatic rings. The summed E-state index contributed by atoms with van der Waals surface area (Å²) in [6.45, 7) is 4.70. The molecule has 0 amide bonds. The highest BCUT2D eigenvalue weighted by atomic mass is 16.5. The summed E-state index contributed by atoms with van der Waals surface area (Å²) in [6.07, 6.45) is 6.49. The molecule has 2 heteroatoms. The molecule has 0 N–H and O–H groups in total. The summed E-state index contributed by atoms with van der Waals surface area (Å²) in [5.41, 5.74) is 3.19. The first kappa shape index (κ1) is 14.3. The van der Waals surface area contributed by atoms with E-state index in [1.54, 1.807) is 7.11 Å². The summed E-state index contributed by atoms with van der Waals surface area (Å²) in [5, 5.41) is 0. The van der Waals surface area contributed by atoms with Gasteiger partial charge in [0.05, 0.1) is 7.11 Å². The van der Waals surface area contributed by atoms with Crippen LogP contribution >= 0.6 is 0 Å². The summed E-state index contributed by atoms with van der Waals surface area (Å²) in [4.78, 5) is 12.4. The van der Waals surface area contributed by atoms with Gasteiger partial charge in [-0.1, -0.05) is 19.9 Å². The van der Waals surface area contributed by atoms with Gasteiger partial charge in [-0.15, -0.1) is 0 Å². The smallest absolute Gasteiger partial charge is 0.139 e. The number of fused-ring (bicyclic) bond motifs is 5. The van der Waals surface area contributed by atoms with Gasteiger partial charge in [0.1, 0.15) is 11.5 Å². The fourth-order valence-electron chi connectivity index (χ4n) is 5.84. The zero-order chi connectivity index (χ0) is 15.5. The van der Waals surface area contributed by atoms with Gasteiger partial charge >= 0.3 is 0 Å². The standard InChI is InChI=1S/C20H26O2/c1-19-10-11-20(2)17(8-9-18(20)21)16(19)6-4-13-12-14(22-3)5-7-15(13)19/h5,7,12,16-17H,4,6,8-11H2,1-3H3/t16-,17-,19+,20-/m0/s1. The lowest BCUT2D eigenvalue weighted by Crippen LogP contribution is -2.50. The third-order valence-electron chi connectivity index (χ3n) is 7.26. The first-order valence-corrected chi connectivity index (χ1v) is 8.70. The third-order valence-corrected chi connectivity index (χ3v) is 7.26. The molecule has 2 fully saturated rings. The summed E-state index contributed by atoms with van der Waals surface area (Å²) in [5.74, 6) is 2.75. The van der Waals surface area contributed by atoms with E-state index >= 15 is 0 Å². The first-order chi connectivity index (χ1) is 10.5. The number of hydrogen-bond acceptors (Lipinski definition) is 2. The number of ether oxygens (including phenoxy) is 1. The van der Waals surface area contributed by atoms with E-state index in [1.165, 1.54) is 17.5 Å². The Morgan fingerprint density at radius 1 is 1.05 bits per heavy atom. The van der Waals surface area contributed by atoms with Crippen LogP contribution in [0.15, 0.2) is 18.2 Å². The SMILES string of the molecule is COc1ccc2c(c1)CC[C@H]1[C@@H]3CCC(=O)[C@@]3(C)CC[C@]21C. The molecule has 0 spiro atoms. The molecule has 22 heavy (non-hydrogen) atoms. The zero-order valence-corrected chi connectivity index (χ0v) is 13.9. The summed E-state index contributed by atoms with van der Waals surface area (Å²) >= 11 is 0. The molecule has 3 aliphatic rings. The van der Waals surface area contributed by atoms with Crippen LogP contribution in [0.1, 0.15) is 57.1 Å². The van der Waals surface area contributed by atoms with E-state index in [9.17, 15) is 4.79 Å². The number of Topliss-reactive ketones (excluding diaryl/α,β-unsaturated/α-hetero) is 1. The topological polar surface area (TPSA) is 26.3 Å². The second-order valence-corrected chi connectivity index (χ2v) is 8.07. The van der Waals surface area contributed by atoms with Gasteiger partial charge in [0, 0.05) is 11.8 Å². The minimum Gasteiger partial charge on any atom is -0.497 e. The van der Waals surface area contributed by atoms with E-state index < -0.39 is 0 Å². The van der Waals surface area contributed by atoms with E-state index in [4.69, 9.17) is 4.74 Å². The van der Waals surface area contributed by atoms with Gasteiger partial charge in [0.15, 0.2) is 0 Å². The van der Waals surface area contributed by atoms with Crippen LogP contribution in [0.2, 0.25) is 0 Å². The van der Waals surface area contributed by atoms with Crippen molar-refractivity contribution < 1.29 is 9.53 Å². The number of ketones is 1. The van der Waals surface area contributed by atoms with Crippen molar-refractivity contribution in [2.24, 2.45) is 17.3 Å². The van der Waals surface area contributed by atoms with Crippen LogP contribution < -0.4 is 4.74 Å². The lowest BCUT2D eigenvalue weighted by atomic mass is 9.49. The average molecular weight is 298 g/mol. The van der Waals surface area contributed by atoms with Gasteiger partial charge < -0.3 is 4.74 Å². The van der Waals surface area contributed by atoms with Gasteiger partial charge in [-0.3, -0.25) is 4.79 Å². The molecule has 2 saturated carbocycles. The fraction of sp³-hybridized carbons (Fsp3) is 0.650. The number of benzene rings is 1. The highest BCUT2D eigenvalue weighted by molar-refractivity contribution is 5.87. The minimum atomic E-state index is -0.0336. The Kier molecular flexibility index (Phi) is 2.99. The summed E-state index contributed by atoms with van der Waals surface area (Å²) in [6, 6.07) is 6.63. The monoisotopic (exact) mass is 298 g/mol. The molecule has 2 nitrogen and oxygen atoms in total. The molecule has 0 saturated heterocycles. The van der Waals surface area contributed by atoms with Crippen molar-refractivity contribution in [1.29, 1.82) is 0 Å². The fourth-order valence-corrected chi connectivity index (χ4v) is 5.84. The highest BCUT2D eigenvalue weighted by Crippen LogP contribution is 2.62. The van der Waals surface area contributed by atoms with E-state index in [1.807, 2.05) is 0 Å². The zero-order valence-electron chi connectivity index (χ0n) is 13.9. The van der Waals surface area contributed by atoms with E-state index in [0.717, 1.165) is 37.9 Å². The third kappa shape index (κ3) is 1.70. The molecule has 0 aromatic heterocycles. The molecule has 0 bridgehead atoms. The molecular formula is C20H26O2. The number of aryl methyl sites for hydroxylation is 1. The second-order valence-electron chi connectivity index (χ2n) is 8.07. The molecule has 4 atom stereocenters. The van der Waals surface area contributed by atoms with Gasteiger partial charge in [-0.25, -0.2) is 0 Å². The lowest BCUT2D eigenvalue weighted by molar-refractivity contribution is -0.130. The van der Waals surface area contributed by atoms with Crippen molar-refractivity contribution in [3.8, 4) is 5.75 Å². The Labute approximate surface area is 133 Å². The second kappa shape index (κ2) is 4.59. The quantitative estimate of drug-likeness (QED) is 0.773. The van der Waals surface area contributed by atoms with Crippen molar-refractivity contribution >= 4 is 5.78 Å². The lowest BCUT2D eigenvalue weighted by Gasteiger charge is -2.54. The normalized spacial score (nSPS) is 39.9. The van der Waals surface area contributed by atoms with Crippen LogP contribution in [0.4, 0.5) is 0 Å². The maximum Gasteiger partial charge on any atom is 0.139 e. The van der Waals surface area contributed by atoms with Gasteiger partial charge in [0.25, 0.3) is 0 Å². The van der Waals surface area contributed by atoms with E-state index in [0.29, 0.717) is 17.6 Å². The van der Waals surface area contributed by atoms with Crippen molar-refractivity contribution in [1.82, 2.24) is 0 Å². The van der Waals surface area contributed by atoms with Crippen molar-refractivity contribution in [3.63, 3.8) is 0 Å². The average Bonchev–Trinajstić information content (AvgIpc) is 2.82. The number of methoxy groups -OCH3 is 1. The Bertz CT molecular complexity index is 635. The Hall–Kier alpha value is -1.31. The number of rotatable bonds is 1. The van der Waals surface area contributed by atoms with Crippen LogP contribution in [0.5, 0.6) is 5.75 Å². The number of hydrogen-bond donors (Lipinski definition) is 0. The molecular weight excluding hydrogens is 272 g/mol. The Morgan fingerprint density at radius 2 is 1.73 bits per heavy atom. The molecule has 3 aliphatic carbocycles. The molecule has 1 aromatic carbocycles. The Balaban J connectivity index is 1.77. The predicted molar refractivity (Wildman–Crippen MR) is 87.2 cm³/mol. The van der Waals surface area contributed by atoms with Crippen LogP contribution in [-0.2, 0) is 16.6 Å². The Morgan fingerprint density at radius 3 is 2.50 bits per heavy atom. The minimum absolute atomic E-state index is 0.0336. The van der Waals surface area contributed by atoms with Gasteiger partial charge in [-0.05, 0) is 72.6 Å². The maximum absolute atomic E-state index is 12.4. The van der Waals surface area contributed by atoms with Crippen molar-refractivity contribution in [2.45, 2.75) is 57.8 Å². The number of carbonyl (C=O) groups excluding carboxylic acids is 1. The van der Waals surface area contributed by atoms with Gasteiger partial charge in [-0.2, -0.15) is 0 Å². The molecule has 0 heterocycles. The molecule has 118 valence electrons. The largest absolute Gasteiger partial charge is 0.497 e. The van der Waals surface area contributed by atoms with E-state index in [2.05, 4.69) is 32.0 Å². The van der Waals surface area contributed by atoms with Crippen LogP contribution in [0, 0.1) is 17.3 Å². The maximum atomic E-state index is 12.4. The molecule has 4 rings (SSSR count). The van der Waals surface area contributed by atoms with Crippen LogP contribution in [0.3, 0.4) is 0 Å².